The molecule has 0 N–H and O–H groups in total. The van der Waals surface area contributed by atoms with E-state index in [1.165, 1.54) is 19.3 Å². The Morgan fingerprint density at radius 1 is 1.48 bits per heavy atom. The molecule has 120 valence electrons. The van der Waals surface area contributed by atoms with Crippen LogP contribution in [0.3, 0.4) is 0 Å². The van der Waals surface area contributed by atoms with Gasteiger partial charge in [-0.25, -0.2) is 9.59 Å². The number of hydrogen-bond acceptors (Lipinski definition) is 7. The van der Waals surface area contributed by atoms with Crippen molar-refractivity contribution in [3.05, 3.63) is 29.8 Å². The van der Waals surface area contributed by atoms with Crippen LogP contribution in [0.2, 0.25) is 0 Å². The summed E-state index contributed by atoms with van der Waals surface area (Å²) in [6, 6.07) is 6.85. The van der Waals surface area contributed by atoms with E-state index in [0.29, 0.717) is 23.5 Å². The van der Waals surface area contributed by atoms with Gasteiger partial charge in [-0.15, -0.1) is 0 Å². The van der Waals surface area contributed by atoms with Crippen LogP contribution in [0.15, 0.2) is 24.3 Å². The highest BCUT2D eigenvalue weighted by molar-refractivity contribution is 5.89. The van der Waals surface area contributed by atoms with Crippen LogP contribution >= 0.6 is 0 Å². The summed E-state index contributed by atoms with van der Waals surface area (Å²) in [5, 5.41) is 8.52. The van der Waals surface area contributed by atoms with E-state index in [-0.39, 0.29) is 13.2 Å². The number of benzene rings is 1. The van der Waals surface area contributed by atoms with Crippen LogP contribution in [0.1, 0.15) is 12.0 Å². The molecule has 0 radical (unpaired) electrons. The van der Waals surface area contributed by atoms with E-state index in [4.69, 9.17) is 24.2 Å². The number of rotatable bonds is 6. The van der Waals surface area contributed by atoms with Crippen molar-refractivity contribution in [3.63, 3.8) is 0 Å². The Morgan fingerprint density at radius 3 is 2.96 bits per heavy atom. The van der Waals surface area contributed by atoms with Gasteiger partial charge in [0.25, 0.3) is 0 Å². The smallest absolute Gasteiger partial charge is 0.347 e. The fraction of sp³-hybridized carbons (Fsp3) is 0.312. The van der Waals surface area contributed by atoms with Crippen LogP contribution < -0.4 is 9.47 Å². The van der Waals surface area contributed by atoms with Crippen LogP contribution in [0.25, 0.3) is 6.08 Å². The molecule has 1 saturated heterocycles. The normalized spacial score (nSPS) is 16.7. The van der Waals surface area contributed by atoms with Crippen LogP contribution in [0, 0.1) is 11.3 Å². The highest BCUT2D eigenvalue weighted by Gasteiger charge is 2.29. The van der Waals surface area contributed by atoms with Gasteiger partial charge in [-0.3, -0.25) is 0 Å². The number of esters is 2. The van der Waals surface area contributed by atoms with E-state index in [2.05, 4.69) is 0 Å². The molecule has 0 aliphatic carbocycles. The molecule has 1 atom stereocenters. The topological polar surface area (TPSA) is 94.8 Å². The molecule has 1 aliphatic heterocycles. The number of cyclic esters (lactones) is 1. The molecule has 0 spiro atoms. The van der Waals surface area contributed by atoms with Crippen molar-refractivity contribution in [3.8, 4) is 17.6 Å². The van der Waals surface area contributed by atoms with Gasteiger partial charge in [0.05, 0.1) is 13.7 Å². The summed E-state index contributed by atoms with van der Waals surface area (Å²) < 4.78 is 20.1. The van der Waals surface area contributed by atoms with Gasteiger partial charge < -0.3 is 18.9 Å². The highest BCUT2D eigenvalue weighted by atomic mass is 16.6. The standard InChI is InChI=1S/C16H15NO6/c1-20-14-10-11(2-4-12(14)21-9-7-17)3-5-15(18)23-13-6-8-22-16(13)19/h2-5,10,13H,6,8-9H2,1H3/b5-3+. The molecule has 1 unspecified atom stereocenters. The lowest BCUT2D eigenvalue weighted by Crippen LogP contribution is -2.21. The van der Waals surface area contributed by atoms with E-state index in [0.717, 1.165) is 0 Å². The minimum atomic E-state index is -0.830. The predicted molar refractivity (Wildman–Crippen MR) is 78.6 cm³/mol. The summed E-state index contributed by atoms with van der Waals surface area (Å²) in [7, 11) is 1.47. The average Bonchev–Trinajstić information content (AvgIpc) is 2.96. The lowest BCUT2D eigenvalue weighted by atomic mass is 10.2. The largest absolute Gasteiger partial charge is 0.493 e. The van der Waals surface area contributed by atoms with E-state index in [1.54, 1.807) is 18.2 Å². The SMILES string of the molecule is COc1cc(/C=C/C(=O)OC2CCOC2=O)ccc1OCC#N. The molecule has 0 bridgehead atoms. The van der Waals surface area contributed by atoms with Gasteiger partial charge in [0, 0.05) is 12.5 Å². The van der Waals surface area contributed by atoms with Crippen LogP contribution in [-0.4, -0.2) is 38.4 Å². The van der Waals surface area contributed by atoms with Crippen LogP contribution in [-0.2, 0) is 19.1 Å². The summed E-state index contributed by atoms with van der Waals surface area (Å²) in [5.74, 6) is -0.275. The third-order valence-electron chi connectivity index (χ3n) is 3.04. The number of carbonyl (C=O) groups excluding carboxylic acids is 2. The second-order valence-electron chi connectivity index (χ2n) is 4.57. The van der Waals surface area contributed by atoms with Gasteiger partial charge in [-0.1, -0.05) is 6.07 Å². The molecule has 7 nitrogen and oxygen atoms in total. The van der Waals surface area contributed by atoms with Crippen molar-refractivity contribution < 1.29 is 28.5 Å². The Hall–Kier alpha value is -3.01. The third-order valence-corrected chi connectivity index (χ3v) is 3.04. The lowest BCUT2D eigenvalue weighted by Gasteiger charge is -2.09. The molecule has 7 heteroatoms. The first-order chi connectivity index (χ1) is 11.1. The zero-order chi connectivity index (χ0) is 16.7. The second kappa shape index (κ2) is 7.84. The average molecular weight is 317 g/mol. The Bertz CT molecular complexity index is 661. The number of carbonyl (C=O) groups is 2. The van der Waals surface area contributed by atoms with E-state index in [9.17, 15) is 9.59 Å². The maximum absolute atomic E-state index is 11.7. The maximum atomic E-state index is 11.7. The van der Waals surface area contributed by atoms with Gasteiger partial charge in [-0.2, -0.15) is 5.26 Å². The van der Waals surface area contributed by atoms with Crippen molar-refractivity contribution >= 4 is 18.0 Å². The van der Waals surface area contributed by atoms with Crippen molar-refractivity contribution in [2.45, 2.75) is 12.5 Å². The van der Waals surface area contributed by atoms with Crippen molar-refractivity contribution in [2.24, 2.45) is 0 Å². The number of methoxy groups -OCH3 is 1. The molecule has 1 aromatic rings. The summed E-state index contributed by atoms with van der Waals surface area (Å²) >= 11 is 0. The molecule has 2 rings (SSSR count). The molecule has 0 amide bonds. The van der Waals surface area contributed by atoms with Gasteiger partial charge in [0.2, 0.25) is 6.10 Å². The Morgan fingerprint density at radius 2 is 2.30 bits per heavy atom. The lowest BCUT2D eigenvalue weighted by molar-refractivity contribution is -0.156. The van der Waals surface area contributed by atoms with E-state index < -0.39 is 18.0 Å². The molecule has 1 fully saturated rings. The Kier molecular flexibility index (Phi) is 5.58. The minimum absolute atomic E-state index is 0.0879. The van der Waals surface area contributed by atoms with E-state index >= 15 is 0 Å². The van der Waals surface area contributed by atoms with Gasteiger partial charge >= 0.3 is 11.9 Å². The second-order valence-corrected chi connectivity index (χ2v) is 4.57. The van der Waals surface area contributed by atoms with E-state index in [1.807, 2.05) is 6.07 Å². The van der Waals surface area contributed by atoms with Crippen LogP contribution in [0.4, 0.5) is 0 Å². The summed E-state index contributed by atoms with van der Waals surface area (Å²) in [5.41, 5.74) is 0.678. The van der Waals surface area contributed by atoms with Crippen molar-refractivity contribution in [1.82, 2.24) is 0 Å². The summed E-state index contributed by atoms with van der Waals surface area (Å²) in [4.78, 5) is 22.9. The number of nitrogens with zero attached hydrogens (tertiary/aromatic N) is 1. The van der Waals surface area contributed by atoms with Crippen LogP contribution in [0.5, 0.6) is 11.5 Å². The zero-order valence-electron chi connectivity index (χ0n) is 12.5. The predicted octanol–water partition coefficient (Wildman–Crippen LogP) is 1.47. The maximum Gasteiger partial charge on any atom is 0.347 e. The molecule has 0 aromatic heterocycles. The number of ether oxygens (including phenoxy) is 4. The third kappa shape index (κ3) is 4.48. The number of hydrogen-bond donors (Lipinski definition) is 0. The first kappa shape index (κ1) is 16.4. The van der Waals surface area contributed by atoms with Gasteiger partial charge in [-0.05, 0) is 23.8 Å². The fourth-order valence-corrected chi connectivity index (χ4v) is 1.95. The molecule has 1 aromatic carbocycles. The number of nitriles is 1. The minimum Gasteiger partial charge on any atom is -0.493 e. The van der Waals surface area contributed by atoms with Crippen molar-refractivity contribution in [2.75, 3.05) is 20.3 Å². The van der Waals surface area contributed by atoms with Gasteiger partial charge in [0.1, 0.15) is 6.07 Å². The molecular formula is C16H15NO6. The summed E-state index contributed by atoms with van der Waals surface area (Å²) in [6.07, 6.45) is 2.29. The summed E-state index contributed by atoms with van der Waals surface area (Å²) in [6.45, 7) is 0.178. The fourth-order valence-electron chi connectivity index (χ4n) is 1.95. The molecule has 23 heavy (non-hydrogen) atoms. The van der Waals surface area contributed by atoms with Gasteiger partial charge in [0.15, 0.2) is 18.1 Å². The molecule has 1 aliphatic rings. The zero-order valence-corrected chi connectivity index (χ0v) is 12.5. The quantitative estimate of drug-likeness (QED) is 0.579. The first-order valence-electron chi connectivity index (χ1n) is 6.87. The molecular weight excluding hydrogens is 302 g/mol. The highest BCUT2D eigenvalue weighted by Crippen LogP contribution is 2.28. The van der Waals surface area contributed by atoms with Crippen molar-refractivity contribution in [1.29, 1.82) is 5.26 Å². The molecule has 0 saturated carbocycles. The Balaban J connectivity index is 2.00. The molecule has 1 heterocycles. The monoisotopic (exact) mass is 317 g/mol. The first-order valence-corrected chi connectivity index (χ1v) is 6.87. The Labute approximate surface area is 133 Å².